The van der Waals surface area contributed by atoms with Crippen molar-refractivity contribution in [2.75, 3.05) is 25.6 Å². The number of hydrogen-bond donors (Lipinski definition) is 1. The minimum atomic E-state index is 0.307. The molecule has 0 spiro atoms. The van der Waals surface area contributed by atoms with Gasteiger partial charge in [-0.25, -0.2) is 4.98 Å². The summed E-state index contributed by atoms with van der Waals surface area (Å²) in [5, 5.41) is 11.8. The van der Waals surface area contributed by atoms with Crippen LogP contribution in [0.25, 0.3) is 0 Å². The fourth-order valence-electron chi connectivity index (χ4n) is 1.52. The Balaban J connectivity index is 1.83. The van der Waals surface area contributed by atoms with E-state index < -0.39 is 0 Å². The zero-order chi connectivity index (χ0) is 14.2. The smallest absolute Gasteiger partial charge is 0.213 e. The summed E-state index contributed by atoms with van der Waals surface area (Å²) in [5.41, 5.74) is 0.846. The zero-order valence-electron chi connectivity index (χ0n) is 11.1. The second-order valence-corrected chi connectivity index (χ2v) is 3.96. The second kappa shape index (κ2) is 7.16. The van der Waals surface area contributed by atoms with Gasteiger partial charge in [-0.15, -0.1) is 0 Å². The van der Waals surface area contributed by atoms with Crippen LogP contribution >= 0.6 is 0 Å². The maximum atomic E-state index is 8.66. The molecule has 6 heteroatoms. The summed E-state index contributed by atoms with van der Waals surface area (Å²) in [6, 6.07) is 8.99. The van der Waals surface area contributed by atoms with Crippen LogP contribution < -0.4 is 10.1 Å². The van der Waals surface area contributed by atoms with Crippen LogP contribution in [0.1, 0.15) is 11.5 Å². The van der Waals surface area contributed by atoms with Crippen LogP contribution in [-0.4, -0.2) is 25.3 Å². The predicted octanol–water partition coefficient (Wildman–Crippen LogP) is 2.18. The average Bonchev–Trinajstić information content (AvgIpc) is 2.95. The first-order chi connectivity index (χ1) is 9.81. The van der Waals surface area contributed by atoms with Crippen molar-refractivity contribution in [2.45, 2.75) is 6.54 Å². The lowest BCUT2D eigenvalue weighted by molar-refractivity contribution is 0.144. The Hall–Kier alpha value is -2.52. The molecule has 104 valence electrons. The molecular formula is C14H15N3O3. The van der Waals surface area contributed by atoms with Crippen LogP contribution in [0.15, 0.2) is 34.9 Å². The van der Waals surface area contributed by atoms with Gasteiger partial charge < -0.3 is 19.2 Å². The van der Waals surface area contributed by atoms with Crippen LogP contribution in [0.2, 0.25) is 0 Å². The molecule has 2 aromatic rings. The zero-order valence-corrected chi connectivity index (χ0v) is 11.1. The molecule has 0 aliphatic heterocycles. The van der Waals surface area contributed by atoms with Crippen molar-refractivity contribution in [2.24, 2.45) is 0 Å². The van der Waals surface area contributed by atoms with E-state index in [1.165, 1.54) is 0 Å². The molecule has 0 aliphatic rings. The van der Waals surface area contributed by atoms with Crippen molar-refractivity contribution in [1.29, 1.82) is 5.26 Å². The summed E-state index contributed by atoms with van der Waals surface area (Å²) in [7, 11) is 1.62. The highest BCUT2D eigenvalue weighted by Crippen LogP contribution is 2.14. The number of ether oxygens (including phenoxy) is 2. The molecule has 20 heavy (non-hydrogen) atoms. The summed E-state index contributed by atoms with van der Waals surface area (Å²) >= 11 is 0. The van der Waals surface area contributed by atoms with Crippen LogP contribution in [0.3, 0.4) is 0 Å². The molecule has 1 N–H and O–H groups in total. The summed E-state index contributed by atoms with van der Waals surface area (Å²) in [6.07, 6.45) is 1.68. The van der Waals surface area contributed by atoms with E-state index in [1.54, 1.807) is 31.5 Å². The van der Waals surface area contributed by atoms with Crippen molar-refractivity contribution in [3.8, 4) is 11.9 Å². The average molecular weight is 273 g/mol. The van der Waals surface area contributed by atoms with E-state index in [0.717, 1.165) is 5.69 Å². The van der Waals surface area contributed by atoms with E-state index in [-0.39, 0.29) is 0 Å². The van der Waals surface area contributed by atoms with E-state index in [4.69, 9.17) is 19.2 Å². The monoisotopic (exact) mass is 273 g/mol. The summed E-state index contributed by atoms with van der Waals surface area (Å²) in [4.78, 5) is 4.16. The fourth-order valence-corrected chi connectivity index (χ4v) is 1.52. The summed E-state index contributed by atoms with van der Waals surface area (Å²) < 4.78 is 15.5. The number of methoxy groups -OCH3 is 1. The van der Waals surface area contributed by atoms with E-state index in [0.29, 0.717) is 37.2 Å². The number of hydrogen-bond acceptors (Lipinski definition) is 6. The highest BCUT2D eigenvalue weighted by atomic mass is 16.5. The first-order valence-electron chi connectivity index (χ1n) is 6.12. The molecule has 2 aromatic heterocycles. The first-order valence-corrected chi connectivity index (χ1v) is 6.12. The lowest BCUT2D eigenvalue weighted by Crippen LogP contribution is -2.05. The number of anilines is 1. The number of pyridine rings is 1. The molecule has 6 nitrogen and oxygen atoms in total. The highest BCUT2D eigenvalue weighted by Gasteiger charge is 2.01. The van der Waals surface area contributed by atoms with Gasteiger partial charge in [-0.2, -0.15) is 5.26 Å². The first kappa shape index (κ1) is 13.9. The molecule has 2 rings (SSSR count). The molecule has 0 fully saturated rings. The lowest BCUT2D eigenvalue weighted by atomic mass is 10.4. The molecule has 0 aliphatic carbocycles. The molecule has 2 heterocycles. The van der Waals surface area contributed by atoms with Gasteiger partial charge in [-0.05, 0) is 18.2 Å². The molecule has 0 bridgehead atoms. The molecule has 0 saturated heterocycles. The summed E-state index contributed by atoms with van der Waals surface area (Å²) in [6.45, 7) is 1.49. The maximum Gasteiger partial charge on any atom is 0.213 e. The van der Waals surface area contributed by atoms with Gasteiger partial charge in [0.1, 0.15) is 18.4 Å². The van der Waals surface area contributed by atoms with Gasteiger partial charge in [0, 0.05) is 13.2 Å². The van der Waals surface area contributed by atoms with E-state index in [1.807, 2.05) is 12.1 Å². The van der Waals surface area contributed by atoms with Gasteiger partial charge in [-0.1, -0.05) is 0 Å². The number of nitrogens with zero attached hydrogens (tertiary/aromatic N) is 2. The van der Waals surface area contributed by atoms with Crippen LogP contribution in [0.5, 0.6) is 5.88 Å². The van der Waals surface area contributed by atoms with Crippen molar-refractivity contribution in [1.82, 2.24) is 4.98 Å². The third kappa shape index (κ3) is 4.00. The topological polar surface area (TPSA) is 80.3 Å². The lowest BCUT2D eigenvalue weighted by Gasteiger charge is -2.06. The van der Waals surface area contributed by atoms with E-state index in [9.17, 15) is 0 Å². The van der Waals surface area contributed by atoms with Crippen LogP contribution in [-0.2, 0) is 11.3 Å². The Bertz CT molecular complexity index is 572. The predicted molar refractivity (Wildman–Crippen MR) is 72.4 cm³/mol. The normalized spacial score (nSPS) is 10.0. The Morgan fingerprint density at radius 2 is 2.20 bits per heavy atom. The van der Waals surface area contributed by atoms with Gasteiger partial charge in [-0.3, -0.25) is 0 Å². The molecular weight excluding hydrogens is 258 g/mol. The highest BCUT2D eigenvalue weighted by molar-refractivity contribution is 5.42. The van der Waals surface area contributed by atoms with E-state index in [2.05, 4.69) is 10.3 Å². The molecule has 0 saturated carbocycles. The minimum Gasteiger partial charge on any atom is -0.475 e. The molecule has 0 aromatic carbocycles. The van der Waals surface area contributed by atoms with Crippen molar-refractivity contribution >= 4 is 5.69 Å². The van der Waals surface area contributed by atoms with Crippen molar-refractivity contribution in [3.63, 3.8) is 0 Å². The van der Waals surface area contributed by atoms with Gasteiger partial charge in [0.2, 0.25) is 11.6 Å². The molecule has 0 atom stereocenters. The number of aromatic nitrogens is 1. The third-order valence-corrected chi connectivity index (χ3v) is 2.51. The van der Waals surface area contributed by atoms with Crippen LogP contribution in [0, 0.1) is 11.3 Å². The van der Waals surface area contributed by atoms with Gasteiger partial charge >= 0.3 is 0 Å². The van der Waals surface area contributed by atoms with Crippen LogP contribution in [0.4, 0.5) is 5.69 Å². The van der Waals surface area contributed by atoms with Gasteiger partial charge in [0.25, 0.3) is 0 Å². The Labute approximate surface area is 116 Å². The Morgan fingerprint density at radius 3 is 2.85 bits per heavy atom. The number of nitriles is 1. The Kier molecular flexibility index (Phi) is 4.98. The summed E-state index contributed by atoms with van der Waals surface area (Å²) in [5.74, 6) is 1.56. The quantitative estimate of drug-likeness (QED) is 0.779. The fraction of sp³-hybridized carbons (Fsp3) is 0.286. The number of nitrogens with one attached hydrogen (secondary N) is 1. The third-order valence-electron chi connectivity index (χ3n) is 2.51. The van der Waals surface area contributed by atoms with E-state index >= 15 is 0 Å². The Morgan fingerprint density at radius 1 is 1.30 bits per heavy atom. The van der Waals surface area contributed by atoms with Gasteiger partial charge in [0.15, 0.2) is 0 Å². The maximum absolute atomic E-state index is 8.66. The molecule has 0 amide bonds. The minimum absolute atomic E-state index is 0.307. The van der Waals surface area contributed by atoms with Gasteiger partial charge in [0.05, 0.1) is 25.0 Å². The number of furan rings is 1. The molecule has 0 unspecified atom stereocenters. The SMILES string of the molecule is COCCOc1ccc(NCc2ccc(C#N)o2)cn1. The van der Waals surface area contributed by atoms with Crippen molar-refractivity contribution in [3.05, 3.63) is 42.0 Å². The second-order valence-electron chi connectivity index (χ2n) is 3.96. The number of rotatable bonds is 7. The standard InChI is InChI=1S/C14H15N3O3/c1-18-6-7-19-14-5-2-11(9-17-14)16-10-13-4-3-12(8-15)20-13/h2-5,9,16H,6-7,10H2,1H3. The van der Waals surface area contributed by atoms with Crippen molar-refractivity contribution < 1.29 is 13.9 Å². The molecule has 0 radical (unpaired) electrons. The largest absolute Gasteiger partial charge is 0.475 e.